The molecule has 2 aromatic carbocycles. The SMILES string of the molecule is CCN(CC)CCCNCc1c(Br)ccc(OC)c1OCc1ccc(F)cc1. The van der Waals surface area contributed by atoms with Crippen molar-refractivity contribution in [2.24, 2.45) is 0 Å². The molecule has 28 heavy (non-hydrogen) atoms. The van der Waals surface area contributed by atoms with E-state index in [9.17, 15) is 4.39 Å². The van der Waals surface area contributed by atoms with Crippen molar-refractivity contribution >= 4 is 15.9 Å². The molecule has 0 aromatic heterocycles. The first-order valence-corrected chi connectivity index (χ1v) is 10.5. The highest BCUT2D eigenvalue weighted by molar-refractivity contribution is 9.10. The van der Waals surface area contributed by atoms with Gasteiger partial charge in [0.1, 0.15) is 12.4 Å². The van der Waals surface area contributed by atoms with Crippen LogP contribution in [0.2, 0.25) is 0 Å². The summed E-state index contributed by atoms with van der Waals surface area (Å²) in [5.41, 5.74) is 1.92. The molecule has 0 aliphatic rings. The molecule has 0 amide bonds. The number of methoxy groups -OCH3 is 1. The van der Waals surface area contributed by atoms with Gasteiger partial charge in [0.2, 0.25) is 0 Å². The van der Waals surface area contributed by atoms with Crippen LogP contribution in [0.5, 0.6) is 11.5 Å². The number of hydrogen-bond acceptors (Lipinski definition) is 4. The zero-order valence-electron chi connectivity index (χ0n) is 16.9. The van der Waals surface area contributed by atoms with Gasteiger partial charge in [-0.1, -0.05) is 41.9 Å². The minimum Gasteiger partial charge on any atom is -0.493 e. The summed E-state index contributed by atoms with van der Waals surface area (Å²) in [6, 6.07) is 10.2. The van der Waals surface area contributed by atoms with Gasteiger partial charge in [-0.2, -0.15) is 0 Å². The van der Waals surface area contributed by atoms with Crippen LogP contribution < -0.4 is 14.8 Å². The summed E-state index contributed by atoms with van der Waals surface area (Å²) in [5, 5.41) is 3.50. The Morgan fingerprint density at radius 1 is 1.07 bits per heavy atom. The summed E-state index contributed by atoms with van der Waals surface area (Å²) in [4.78, 5) is 2.42. The Hall–Kier alpha value is -1.63. The van der Waals surface area contributed by atoms with Gasteiger partial charge in [-0.3, -0.25) is 0 Å². The third kappa shape index (κ3) is 6.76. The number of rotatable bonds is 12. The van der Waals surface area contributed by atoms with Gasteiger partial charge < -0.3 is 19.7 Å². The lowest BCUT2D eigenvalue weighted by Crippen LogP contribution is -2.27. The standard InChI is InChI=1S/C22H30BrFN2O2/c1-4-26(5-2)14-6-13-25-15-19-20(23)11-12-21(27-3)22(19)28-16-17-7-9-18(24)10-8-17/h7-12,25H,4-6,13-16H2,1-3H3. The Morgan fingerprint density at radius 3 is 2.43 bits per heavy atom. The Labute approximate surface area is 176 Å². The van der Waals surface area contributed by atoms with Crippen molar-refractivity contribution in [3.63, 3.8) is 0 Å². The van der Waals surface area contributed by atoms with E-state index in [-0.39, 0.29) is 5.82 Å². The van der Waals surface area contributed by atoms with Crippen LogP contribution in [0.1, 0.15) is 31.4 Å². The molecule has 6 heteroatoms. The monoisotopic (exact) mass is 452 g/mol. The molecule has 0 bridgehead atoms. The highest BCUT2D eigenvalue weighted by Gasteiger charge is 2.15. The molecule has 0 saturated carbocycles. The molecular weight excluding hydrogens is 423 g/mol. The third-order valence-electron chi connectivity index (χ3n) is 4.71. The normalized spacial score (nSPS) is 11.1. The fourth-order valence-corrected chi connectivity index (χ4v) is 3.44. The maximum atomic E-state index is 13.1. The summed E-state index contributed by atoms with van der Waals surface area (Å²) in [7, 11) is 1.63. The molecule has 1 N–H and O–H groups in total. The Kier molecular flexibility index (Phi) is 9.75. The third-order valence-corrected chi connectivity index (χ3v) is 5.45. The maximum absolute atomic E-state index is 13.1. The van der Waals surface area contributed by atoms with E-state index in [2.05, 4.69) is 40.0 Å². The molecule has 0 fully saturated rings. The fourth-order valence-electron chi connectivity index (χ4n) is 2.98. The molecule has 0 saturated heterocycles. The van der Waals surface area contributed by atoms with E-state index in [1.54, 1.807) is 19.2 Å². The predicted molar refractivity (Wildman–Crippen MR) is 116 cm³/mol. The number of hydrogen-bond donors (Lipinski definition) is 1. The zero-order valence-corrected chi connectivity index (χ0v) is 18.5. The number of ether oxygens (including phenoxy) is 2. The quantitative estimate of drug-likeness (QED) is 0.459. The fraction of sp³-hybridized carbons (Fsp3) is 0.455. The lowest BCUT2D eigenvalue weighted by Gasteiger charge is -2.19. The first-order chi connectivity index (χ1) is 13.6. The van der Waals surface area contributed by atoms with E-state index in [0.717, 1.165) is 48.2 Å². The molecule has 4 nitrogen and oxygen atoms in total. The highest BCUT2D eigenvalue weighted by Crippen LogP contribution is 2.36. The van der Waals surface area contributed by atoms with Crippen molar-refractivity contribution in [2.45, 2.75) is 33.4 Å². The van der Waals surface area contributed by atoms with Gasteiger partial charge in [-0.05, 0) is 62.4 Å². The van der Waals surface area contributed by atoms with Crippen LogP contribution in [0, 0.1) is 5.82 Å². The smallest absolute Gasteiger partial charge is 0.167 e. The number of nitrogens with one attached hydrogen (secondary N) is 1. The van der Waals surface area contributed by atoms with Crippen LogP contribution in [-0.4, -0.2) is 38.2 Å². The van der Waals surface area contributed by atoms with Crippen LogP contribution in [0.4, 0.5) is 4.39 Å². The second-order valence-electron chi connectivity index (χ2n) is 6.53. The average molecular weight is 453 g/mol. The molecule has 0 radical (unpaired) electrons. The number of halogens is 2. The zero-order chi connectivity index (χ0) is 20.4. The van der Waals surface area contributed by atoms with Gasteiger partial charge in [0.25, 0.3) is 0 Å². The van der Waals surface area contributed by atoms with Crippen molar-refractivity contribution in [1.29, 1.82) is 0 Å². The lowest BCUT2D eigenvalue weighted by molar-refractivity contribution is 0.279. The second kappa shape index (κ2) is 12.0. The van der Waals surface area contributed by atoms with Crippen molar-refractivity contribution in [2.75, 3.05) is 33.3 Å². The minimum absolute atomic E-state index is 0.251. The van der Waals surface area contributed by atoms with Crippen molar-refractivity contribution in [1.82, 2.24) is 10.2 Å². The van der Waals surface area contributed by atoms with Crippen LogP contribution in [0.3, 0.4) is 0 Å². The van der Waals surface area contributed by atoms with Crippen LogP contribution in [0.25, 0.3) is 0 Å². The maximum Gasteiger partial charge on any atom is 0.167 e. The van der Waals surface area contributed by atoms with Crippen molar-refractivity contribution in [3.05, 3.63) is 57.8 Å². The van der Waals surface area contributed by atoms with Crippen LogP contribution in [0.15, 0.2) is 40.9 Å². The van der Waals surface area contributed by atoms with Gasteiger partial charge in [-0.15, -0.1) is 0 Å². The molecule has 154 valence electrons. The van der Waals surface area contributed by atoms with Crippen LogP contribution >= 0.6 is 15.9 Å². The topological polar surface area (TPSA) is 33.7 Å². The first kappa shape index (κ1) is 22.7. The summed E-state index contributed by atoms with van der Waals surface area (Å²) >= 11 is 3.63. The van der Waals surface area contributed by atoms with Gasteiger partial charge in [0.15, 0.2) is 11.5 Å². The summed E-state index contributed by atoms with van der Waals surface area (Å²) in [6.45, 7) is 9.59. The molecule has 0 spiro atoms. The van der Waals surface area contributed by atoms with Crippen LogP contribution in [-0.2, 0) is 13.2 Å². The van der Waals surface area contributed by atoms with Crippen molar-refractivity contribution in [3.8, 4) is 11.5 Å². The molecule has 0 heterocycles. The van der Waals surface area contributed by atoms with E-state index in [1.165, 1.54) is 12.1 Å². The summed E-state index contributed by atoms with van der Waals surface area (Å²) in [5.74, 6) is 1.14. The first-order valence-electron chi connectivity index (χ1n) is 9.74. The van der Waals surface area contributed by atoms with E-state index < -0.39 is 0 Å². The van der Waals surface area contributed by atoms with Crippen molar-refractivity contribution < 1.29 is 13.9 Å². The van der Waals surface area contributed by atoms with E-state index in [4.69, 9.17) is 9.47 Å². The van der Waals surface area contributed by atoms with Gasteiger partial charge >= 0.3 is 0 Å². The van der Waals surface area contributed by atoms with E-state index in [1.807, 2.05) is 12.1 Å². The second-order valence-corrected chi connectivity index (χ2v) is 7.38. The van der Waals surface area contributed by atoms with Gasteiger partial charge in [-0.25, -0.2) is 4.39 Å². The largest absolute Gasteiger partial charge is 0.493 e. The summed E-state index contributed by atoms with van der Waals surface area (Å²) in [6.07, 6.45) is 1.09. The molecule has 0 atom stereocenters. The molecule has 0 unspecified atom stereocenters. The highest BCUT2D eigenvalue weighted by atomic mass is 79.9. The average Bonchev–Trinajstić information content (AvgIpc) is 2.71. The Balaban J connectivity index is 2.00. The molecule has 0 aliphatic heterocycles. The lowest BCUT2D eigenvalue weighted by atomic mass is 10.1. The number of benzene rings is 2. The molecule has 0 aliphatic carbocycles. The molecule has 2 rings (SSSR count). The molecule has 2 aromatic rings. The minimum atomic E-state index is -0.251. The number of nitrogens with zero attached hydrogens (tertiary/aromatic N) is 1. The van der Waals surface area contributed by atoms with E-state index >= 15 is 0 Å². The van der Waals surface area contributed by atoms with Gasteiger partial charge in [0, 0.05) is 16.6 Å². The molecular formula is C22H30BrFN2O2. The Morgan fingerprint density at radius 2 is 1.79 bits per heavy atom. The van der Waals surface area contributed by atoms with E-state index in [0.29, 0.717) is 24.7 Å². The predicted octanol–water partition coefficient (Wildman–Crippen LogP) is 5.00. The Bertz CT molecular complexity index is 721. The summed E-state index contributed by atoms with van der Waals surface area (Å²) < 4.78 is 25.6. The van der Waals surface area contributed by atoms with Gasteiger partial charge in [0.05, 0.1) is 7.11 Å².